The molecule has 0 aliphatic carbocycles. The van der Waals surface area contributed by atoms with Crippen LogP contribution in [0.4, 0.5) is 0 Å². The van der Waals surface area contributed by atoms with Crippen LogP contribution in [0.1, 0.15) is 30.5 Å². The Labute approximate surface area is 126 Å². The van der Waals surface area contributed by atoms with Crippen LogP contribution in [0.5, 0.6) is 0 Å². The third kappa shape index (κ3) is 4.72. The Morgan fingerprint density at radius 3 is 2.24 bits per heavy atom. The third-order valence-electron chi connectivity index (χ3n) is 3.54. The Kier molecular flexibility index (Phi) is 5.52. The molecule has 0 bridgehead atoms. The highest BCUT2D eigenvalue weighted by Crippen LogP contribution is 2.10. The van der Waals surface area contributed by atoms with Gasteiger partial charge in [0.25, 0.3) is 0 Å². The number of rotatable bonds is 6. The molecule has 3 N–H and O–H groups in total. The van der Waals surface area contributed by atoms with E-state index in [1.54, 1.807) is 0 Å². The molecule has 2 rings (SSSR count). The van der Waals surface area contributed by atoms with Gasteiger partial charge in [0.2, 0.25) is 5.91 Å². The lowest BCUT2D eigenvalue weighted by Gasteiger charge is -2.17. The van der Waals surface area contributed by atoms with Gasteiger partial charge in [-0.25, -0.2) is 0 Å². The molecule has 110 valence electrons. The van der Waals surface area contributed by atoms with Gasteiger partial charge >= 0.3 is 0 Å². The number of carbonyl (C=O) groups is 1. The normalized spacial score (nSPS) is 13.4. The lowest BCUT2D eigenvalue weighted by atomic mass is 10.0. The van der Waals surface area contributed by atoms with Crippen molar-refractivity contribution < 1.29 is 4.79 Å². The maximum Gasteiger partial charge on any atom is 0.241 e. The van der Waals surface area contributed by atoms with Gasteiger partial charge in [0.05, 0.1) is 0 Å². The largest absolute Gasteiger partial charge is 0.352 e. The summed E-state index contributed by atoms with van der Waals surface area (Å²) < 4.78 is 0. The quantitative estimate of drug-likeness (QED) is 0.856. The molecule has 0 heterocycles. The highest BCUT2D eigenvalue weighted by Gasteiger charge is 2.17. The summed E-state index contributed by atoms with van der Waals surface area (Å²) in [5, 5.41) is 2.98. The van der Waals surface area contributed by atoms with E-state index < -0.39 is 6.04 Å². The van der Waals surface area contributed by atoms with Gasteiger partial charge in [-0.2, -0.15) is 0 Å². The summed E-state index contributed by atoms with van der Waals surface area (Å²) in [4.78, 5) is 12.1. The number of amides is 1. The van der Waals surface area contributed by atoms with Crippen LogP contribution in [0, 0.1) is 0 Å². The van der Waals surface area contributed by atoms with Crippen LogP contribution in [0.2, 0.25) is 0 Å². The molecule has 0 aromatic heterocycles. The second kappa shape index (κ2) is 7.60. The average molecular weight is 282 g/mol. The maximum absolute atomic E-state index is 12.1. The van der Waals surface area contributed by atoms with E-state index in [4.69, 9.17) is 5.73 Å². The second-order valence-electron chi connectivity index (χ2n) is 5.32. The van der Waals surface area contributed by atoms with Crippen LogP contribution < -0.4 is 11.1 Å². The van der Waals surface area contributed by atoms with Gasteiger partial charge in [-0.1, -0.05) is 60.7 Å². The Bertz CT molecular complexity index is 554. The van der Waals surface area contributed by atoms with E-state index in [9.17, 15) is 4.79 Å². The number of carbonyl (C=O) groups excluding carboxylic acids is 1. The molecule has 1 unspecified atom stereocenters. The van der Waals surface area contributed by atoms with Crippen LogP contribution in [0.25, 0.3) is 0 Å². The molecule has 3 heteroatoms. The molecule has 2 aromatic rings. The number of nitrogens with one attached hydrogen (secondary N) is 1. The molecule has 0 fully saturated rings. The summed E-state index contributed by atoms with van der Waals surface area (Å²) >= 11 is 0. The number of hydrogen-bond donors (Lipinski definition) is 2. The van der Waals surface area contributed by atoms with Gasteiger partial charge in [-0.05, 0) is 30.9 Å². The molecule has 3 nitrogen and oxygen atoms in total. The Hall–Kier alpha value is -2.13. The number of aryl methyl sites for hydroxylation is 1. The Balaban J connectivity index is 1.82. The van der Waals surface area contributed by atoms with E-state index in [0.717, 1.165) is 18.4 Å². The first-order valence-corrected chi connectivity index (χ1v) is 7.31. The van der Waals surface area contributed by atoms with E-state index in [-0.39, 0.29) is 11.9 Å². The standard InChI is InChI=1S/C18H22N2O/c1-14(12-13-15-8-4-2-5-9-15)20-18(21)17(19)16-10-6-3-7-11-16/h2-11,14,17H,12-13,19H2,1H3,(H,20,21)/t14?,17-/m0/s1. The highest BCUT2D eigenvalue weighted by molar-refractivity contribution is 5.83. The zero-order chi connectivity index (χ0) is 15.1. The zero-order valence-corrected chi connectivity index (χ0v) is 12.3. The van der Waals surface area contributed by atoms with Crippen molar-refractivity contribution in [3.63, 3.8) is 0 Å². The first kappa shape index (κ1) is 15.3. The van der Waals surface area contributed by atoms with Crippen molar-refractivity contribution in [2.24, 2.45) is 5.73 Å². The van der Waals surface area contributed by atoms with Gasteiger partial charge in [-0.3, -0.25) is 4.79 Å². The lowest BCUT2D eigenvalue weighted by molar-refractivity contribution is -0.123. The first-order valence-electron chi connectivity index (χ1n) is 7.31. The minimum atomic E-state index is -0.606. The number of nitrogens with two attached hydrogens (primary N) is 1. The van der Waals surface area contributed by atoms with Gasteiger partial charge in [0.1, 0.15) is 6.04 Å². The SMILES string of the molecule is CC(CCc1ccccc1)NC(=O)[C@@H](N)c1ccccc1. The topological polar surface area (TPSA) is 55.1 Å². The van der Waals surface area contributed by atoms with Crippen LogP contribution in [-0.4, -0.2) is 11.9 Å². The first-order chi connectivity index (χ1) is 10.2. The van der Waals surface area contributed by atoms with E-state index >= 15 is 0 Å². The molecular formula is C18H22N2O. The summed E-state index contributed by atoms with van der Waals surface area (Å²) in [6, 6.07) is 19.2. The van der Waals surface area contributed by atoms with Crippen molar-refractivity contribution in [1.82, 2.24) is 5.32 Å². The summed E-state index contributed by atoms with van der Waals surface area (Å²) in [7, 11) is 0. The van der Waals surface area contributed by atoms with Gasteiger partial charge < -0.3 is 11.1 Å². The van der Waals surface area contributed by atoms with Crippen molar-refractivity contribution in [3.8, 4) is 0 Å². The van der Waals surface area contributed by atoms with Crippen molar-refractivity contribution >= 4 is 5.91 Å². The average Bonchev–Trinajstić information content (AvgIpc) is 2.54. The molecule has 0 aliphatic rings. The Morgan fingerprint density at radius 2 is 1.62 bits per heavy atom. The monoisotopic (exact) mass is 282 g/mol. The zero-order valence-electron chi connectivity index (χ0n) is 12.3. The molecule has 2 atom stereocenters. The smallest absolute Gasteiger partial charge is 0.241 e. The molecule has 0 saturated heterocycles. The fraction of sp³-hybridized carbons (Fsp3) is 0.278. The van der Waals surface area contributed by atoms with Crippen molar-refractivity contribution in [3.05, 3.63) is 71.8 Å². The van der Waals surface area contributed by atoms with E-state index in [0.29, 0.717) is 0 Å². The van der Waals surface area contributed by atoms with Crippen LogP contribution >= 0.6 is 0 Å². The van der Waals surface area contributed by atoms with Crippen LogP contribution in [-0.2, 0) is 11.2 Å². The number of hydrogen-bond acceptors (Lipinski definition) is 2. The molecular weight excluding hydrogens is 260 g/mol. The molecule has 1 amide bonds. The van der Waals surface area contributed by atoms with E-state index in [1.807, 2.05) is 55.5 Å². The number of benzene rings is 2. The fourth-order valence-electron chi connectivity index (χ4n) is 2.24. The van der Waals surface area contributed by atoms with Crippen LogP contribution in [0.3, 0.4) is 0 Å². The summed E-state index contributed by atoms with van der Waals surface area (Å²) in [5.41, 5.74) is 8.10. The van der Waals surface area contributed by atoms with Gasteiger partial charge in [-0.15, -0.1) is 0 Å². The van der Waals surface area contributed by atoms with Gasteiger partial charge in [0, 0.05) is 6.04 Å². The summed E-state index contributed by atoms with van der Waals surface area (Å²) in [6.07, 6.45) is 1.85. The van der Waals surface area contributed by atoms with Gasteiger partial charge in [0.15, 0.2) is 0 Å². The minimum absolute atomic E-state index is 0.104. The molecule has 0 saturated carbocycles. The van der Waals surface area contributed by atoms with Crippen molar-refractivity contribution in [2.45, 2.75) is 31.8 Å². The Morgan fingerprint density at radius 1 is 1.05 bits per heavy atom. The predicted octanol–water partition coefficient (Wildman–Crippen LogP) is 2.82. The second-order valence-corrected chi connectivity index (χ2v) is 5.32. The molecule has 0 spiro atoms. The molecule has 0 radical (unpaired) electrons. The van der Waals surface area contributed by atoms with Crippen molar-refractivity contribution in [2.75, 3.05) is 0 Å². The van der Waals surface area contributed by atoms with E-state index in [2.05, 4.69) is 17.4 Å². The van der Waals surface area contributed by atoms with Crippen LogP contribution in [0.15, 0.2) is 60.7 Å². The minimum Gasteiger partial charge on any atom is -0.352 e. The molecule has 21 heavy (non-hydrogen) atoms. The van der Waals surface area contributed by atoms with Crippen molar-refractivity contribution in [1.29, 1.82) is 0 Å². The molecule has 0 aliphatic heterocycles. The summed E-state index contributed by atoms with van der Waals surface area (Å²) in [5.74, 6) is -0.123. The fourth-order valence-corrected chi connectivity index (χ4v) is 2.24. The predicted molar refractivity (Wildman–Crippen MR) is 85.7 cm³/mol. The maximum atomic E-state index is 12.1. The lowest BCUT2D eigenvalue weighted by Crippen LogP contribution is -2.39. The van der Waals surface area contributed by atoms with E-state index in [1.165, 1.54) is 5.56 Å². The highest BCUT2D eigenvalue weighted by atomic mass is 16.2. The third-order valence-corrected chi connectivity index (χ3v) is 3.54. The molecule has 2 aromatic carbocycles. The summed E-state index contributed by atoms with van der Waals surface area (Å²) in [6.45, 7) is 2.01.